The number of hydrogen-bond acceptors (Lipinski definition) is 4. The number of benzene rings is 2. The van der Waals surface area contributed by atoms with Gasteiger partial charge in [-0.15, -0.1) is 11.8 Å². The zero-order chi connectivity index (χ0) is 18.4. The quantitative estimate of drug-likeness (QED) is 0.598. The van der Waals surface area contributed by atoms with Crippen LogP contribution in [0, 0.1) is 0 Å². The number of rotatable bonds is 7. The van der Waals surface area contributed by atoms with Crippen molar-refractivity contribution in [1.29, 1.82) is 0 Å². The number of nitrogens with zero attached hydrogens (tertiary/aromatic N) is 1. The molecule has 0 saturated carbocycles. The van der Waals surface area contributed by atoms with Gasteiger partial charge in [-0.25, -0.2) is 4.98 Å². The summed E-state index contributed by atoms with van der Waals surface area (Å²) < 4.78 is 5.48. The van der Waals surface area contributed by atoms with Crippen LogP contribution in [0.3, 0.4) is 0 Å². The van der Waals surface area contributed by atoms with E-state index in [0.29, 0.717) is 29.8 Å². The maximum Gasteiger partial charge on any atom is 0.230 e. The number of fused-ring (bicyclic) bond motifs is 1. The summed E-state index contributed by atoms with van der Waals surface area (Å²) in [5, 5.41) is 5.67. The lowest BCUT2D eigenvalue weighted by molar-refractivity contribution is -0.118. The van der Waals surface area contributed by atoms with Crippen LogP contribution in [-0.2, 0) is 11.3 Å². The molecule has 0 unspecified atom stereocenters. The van der Waals surface area contributed by atoms with Gasteiger partial charge >= 0.3 is 0 Å². The number of thioether (sulfide) groups is 1. The number of carbonyl (C=O) groups is 1. The minimum absolute atomic E-state index is 0.0506. The number of aromatic nitrogens is 1. The predicted octanol–water partition coefficient (Wildman–Crippen LogP) is 4.70. The molecule has 1 aromatic heterocycles. The summed E-state index contributed by atoms with van der Waals surface area (Å²) in [7, 11) is 0. The van der Waals surface area contributed by atoms with Gasteiger partial charge < -0.3 is 10.1 Å². The van der Waals surface area contributed by atoms with E-state index in [2.05, 4.69) is 10.3 Å². The second kappa shape index (κ2) is 8.92. The third-order valence-corrected chi connectivity index (χ3v) is 5.15. The van der Waals surface area contributed by atoms with Gasteiger partial charge in [0.15, 0.2) is 0 Å². The van der Waals surface area contributed by atoms with Crippen LogP contribution in [0.2, 0.25) is 5.02 Å². The van der Waals surface area contributed by atoms with Crippen molar-refractivity contribution < 1.29 is 9.53 Å². The van der Waals surface area contributed by atoms with Crippen LogP contribution >= 0.6 is 23.4 Å². The molecule has 2 aromatic carbocycles. The van der Waals surface area contributed by atoms with E-state index >= 15 is 0 Å². The van der Waals surface area contributed by atoms with Crippen LogP contribution in [0.5, 0.6) is 5.88 Å². The van der Waals surface area contributed by atoms with Gasteiger partial charge in [0.25, 0.3) is 0 Å². The molecule has 0 atom stereocenters. The summed E-state index contributed by atoms with van der Waals surface area (Å²) in [6, 6.07) is 15.5. The number of ether oxygens (including phenoxy) is 1. The Morgan fingerprint density at radius 3 is 2.81 bits per heavy atom. The summed E-state index contributed by atoms with van der Waals surface area (Å²) in [6.07, 6.45) is 1.68. The Morgan fingerprint density at radius 1 is 1.19 bits per heavy atom. The monoisotopic (exact) mass is 386 g/mol. The Balaban J connectivity index is 1.62. The van der Waals surface area contributed by atoms with E-state index in [0.717, 1.165) is 21.2 Å². The average Bonchev–Trinajstić information content (AvgIpc) is 2.66. The summed E-state index contributed by atoms with van der Waals surface area (Å²) in [5.41, 5.74) is 0.862. The highest BCUT2D eigenvalue weighted by Gasteiger charge is 2.10. The number of carbonyl (C=O) groups excluding carboxylic acids is 1. The lowest BCUT2D eigenvalue weighted by atomic mass is 10.1. The highest BCUT2D eigenvalue weighted by atomic mass is 35.5. The topological polar surface area (TPSA) is 51.2 Å². The third-order valence-electron chi connectivity index (χ3n) is 3.78. The Labute approximate surface area is 161 Å². The SMILES string of the molecule is CCOc1ncccc1CNC(=O)CSc1cccc2cccc(Cl)c12. The van der Waals surface area contributed by atoms with Crippen molar-refractivity contribution in [2.45, 2.75) is 18.4 Å². The molecule has 3 rings (SSSR count). The number of halogens is 1. The predicted molar refractivity (Wildman–Crippen MR) is 107 cm³/mol. The van der Waals surface area contributed by atoms with E-state index in [9.17, 15) is 4.79 Å². The highest BCUT2D eigenvalue weighted by molar-refractivity contribution is 8.00. The van der Waals surface area contributed by atoms with Crippen LogP contribution < -0.4 is 10.1 Å². The molecule has 134 valence electrons. The summed E-state index contributed by atoms with van der Waals surface area (Å²) in [4.78, 5) is 17.4. The average molecular weight is 387 g/mol. The van der Waals surface area contributed by atoms with E-state index in [1.165, 1.54) is 11.8 Å². The standard InChI is InChI=1S/C20H19ClN2O2S/c1-2-25-20-15(8-5-11-22-20)12-23-18(24)13-26-17-10-4-7-14-6-3-9-16(21)19(14)17/h3-11H,2,12-13H2,1H3,(H,23,24). The van der Waals surface area contributed by atoms with Gasteiger partial charge in [-0.1, -0.05) is 41.9 Å². The summed E-state index contributed by atoms with van der Waals surface area (Å²) in [6.45, 7) is 2.83. The Morgan fingerprint density at radius 2 is 2.00 bits per heavy atom. The molecule has 1 N–H and O–H groups in total. The molecule has 1 heterocycles. The zero-order valence-electron chi connectivity index (χ0n) is 14.4. The molecule has 0 aliphatic carbocycles. The number of pyridine rings is 1. The van der Waals surface area contributed by atoms with Crippen LogP contribution in [0.1, 0.15) is 12.5 Å². The maximum absolute atomic E-state index is 12.3. The molecule has 1 amide bonds. The molecule has 0 bridgehead atoms. The van der Waals surface area contributed by atoms with E-state index in [1.54, 1.807) is 6.20 Å². The lowest BCUT2D eigenvalue weighted by Gasteiger charge is -2.10. The second-order valence-electron chi connectivity index (χ2n) is 5.56. The molecule has 4 nitrogen and oxygen atoms in total. The molecule has 6 heteroatoms. The summed E-state index contributed by atoms with van der Waals surface area (Å²) in [5.74, 6) is 0.823. The second-order valence-corrected chi connectivity index (χ2v) is 6.98. The largest absolute Gasteiger partial charge is 0.478 e. The number of hydrogen-bond donors (Lipinski definition) is 1. The molecule has 0 aliphatic rings. The molecule has 0 radical (unpaired) electrons. The molecule has 0 fully saturated rings. The maximum atomic E-state index is 12.3. The molecular formula is C20H19ClN2O2S. The van der Waals surface area contributed by atoms with Gasteiger partial charge in [-0.3, -0.25) is 4.79 Å². The van der Waals surface area contributed by atoms with Crippen LogP contribution in [0.25, 0.3) is 10.8 Å². The number of amides is 1. The van der Waals surface area contributed by atoms with E-state index in [4.69, 9.17) is 16.3 Å². The molecule has 0 aliphatic heterocycles. The fourth-order valence-corrected chi connectivity index (χ4v) is 3.87. The fraction of sp³-hybridized carbons (Fsp3) is 0.200. The normalized spacial score (nSPS) is 10.7. The minimum atomic E-state index is -0.0506. The van der Waals surface area contributed by atoms with Crippen LogP contribution in [0.4, 0.5) is 0 Å². The van der Waals surface area contributed by atoms with Crippen molar-refractivity contribution in [2.24, 2.45) is 0 Å². The van der Waals surface area contributed by atoms with Gasteiger partial charge in [0, 0.05) is 33.6 Å². The van der Waals surface area contributed by atoms with E-state index < -0.39 is 0 Å². The fourth-order valence-electron chi connectivity index (χ4n) is 2.60. The first-order valence-corrected chi connectivity index (χ1v) is 9.69. The molecule has 3 aromatic rings. The van der Waals surface area contributed by atoms with E-state index in [-0.39, 0.29) is 5.91 Å². The van der Waals surface area contributed by atoms with Gasteiger partial charge in [0.1, 0.15) is 0 Å². The van der Waals surface area contributed by atoms with Gasteiger partial charge in [-0.05, 0) is 30.5 Å². The van der Waals surface area contributed by atoms with E-state index in [1.807, 2.05) is 55.5 Å². The first kappa shape index (κ1) is 18.5. The minimum Gasteiger partial charge on any atom is -0.478 e. The zero-order valence-corrected chi connectivity index (χ0v) is 15.9. The van der Waals surface area contributed by atoms with Crippen molar-refractivity contribution in [3.63, 3.8) is 0 Å². The van der Waals surface area contributed by atoms with Crippen LogP contribution in [0.15, 0.2) is 59.6 Å². The first-order chi connectivity index (χ1) is 12.7. The van der Waals surface area contributed by atoms with Gasteiger partial charge in [0.2, 0.25) is 11.8 Å². The van der Waals surface area contributed by atoms with Crippen molar-refractivity contribution in [1.82, 2.24) is 10.3 Å². The van der Waals surface area contributed by atoms with Crippen molar-refractivity contribution in [2.75, 3.05) is 12.4 Å². The Hall–Kier alpha value is -2.24. The molecule has 26 heavy (non-hydrogen) atoms. The van der Waals surface area contributed by atoms with Crippen molar-refractivity contribution >= 4 is 40.0 Å². The Bertz CT molecular complexity index is 912. The van der Waals surface area contributed by atoms with Crippen molar-refractivity contribution in [3.05, 3.63) is 65.3 Å². The summed E-state index contributed by atoms with van der Waals surface area (Å²) >= 11 is 7.81. The molecule has 0 spiro atoms. The smallest absolute Gasteiger partial charge is 0.230 e. The Kier molecular flexibility index (Phi) is 6.36. The van der Waals surface area contributed by atoms with Crippen molar-refractivity contribution in [3.8, 4) is 5.88 Å². The lowest BCUT2D eigenvalue weighted by Crippen LogP contribution is -2.25. The molecule has 0 saturated heterocycles. The van der Waals surface area contributed by atoms with Gasteiger partial charge in [0.05, 0.1) is 12.4 Å². The van der Waals surface area contributed by atoms with Gasteiger partial charge in [-0.2, -0.15) is 0 Å². The molecular weight excluding hydrogens is 368 g/mol. The highest BCUT2D eigenvalue weighted by Crippen LogP contribution is 2.33. The third kappa shape index (κ3) is 4.48. The van der Waals surface area contributed by atoms with Crippen LogP contribution in [-0.4, -0.2) is 23.3 Å². The number of nitrogens with one attached hydrogen (secondary N) is 1. The first-order valence-electron chi connectivity index (χ1n) is 8.32.